The second kappa shape index (κ2) is 9.94. The van der Waals surface area contributed by atoms with Crippen LogP contribution in [-0.2, 0) is 11.2 Å². The molecular weight excluding hydrogens is 407 g/mol. The van der Waals surface area contributed by atoms with E-state index < -0.39 is 0 Å². The quantitative estimate of drug-likeness (QED) is 0.747. The summed E-state index contributed by atoms with van der Waals surface area (Å²) in [6.45, 7) is 0.367. The van der Waals surface area contributed by atoms with E-state index >= 15 is 0 Å². The van der Waals surface area contributed by atoms with Crippen molar-refractivity contribution in [3.63, 3.8) is 0 Å². The zero-order chi connectivity index (χ0) is 17.7. The van der Waals surface area contributed by atoms with Crippen molar-refractivity contribution >= 4 is 64.4 Å². The Balaban J connectivity index is 0.00000312. The molecule has 0 aliphatic rings. The molecule has 0 radical (unpaired) electrons. The van der Waals surface area contributed by atoms with E-state index in [2.05, 4.69) is 10.3 Å². The van der Waals surface area contributed by atoms with Crippen molar-refractivity contribution in [3.8, 4) is 0 Å². The average molecular weight is 424 g/mol. The number of halogens is 3. The Bertz CT molecular complexity index is 754. The molecule has 25 heavy (non-hydrogen) atoms. The first-order valence-electron chi connectivity index (χ1n) is 7.05. The van der Waals surface area contributed by atoms with Gasteiger partial charge in [0.1, 0.15) is 5.69 Å². The van der Waals surface area contributed by atoms with E-state index in [4.69, 9.17) is 28.9 Å². The van der Waals surface area contributed by atoms with Crippen LogP contribution in [0.4, 0.5) is 5.69 Å². The highest BCUT2D eigenvalue weighted by Gasteiger charge is 2.18. The Hall–Kier alpha value is -1.38. The molecule has 0 unspecified atom stereocenters. The summed E-state index contributed by atoms with van der Waals surface area (Å²) in [6.07, 6.45) is 0.624. The van der Waals surface area contributed by atoms with E-state index in [1.165, 1.54) is 16.2 Å². The maximum atomic E-state index is 12.3. The molecule has 0 aliphatic heterocycles. The van der Waals surface area contributed by atoms with Crippen LogP contribution in [0.15, 0.2) is 23.6 Å². The van der Waals surface area contributed by atoms with E-state index in [1.807, 2.05) is 0 Å². The number of amides is 2. The minimum atomic E-state index is -0.346. The Kier molecular flexibility index (Phi) is 8.61. The fraction of sp³-hybridized carbons (Fsp3) is 0.267. The molecule has 10 heteroatoms. The first kappa shape index (κ1) is 21.7. The number of hydrogen-bond donors (Lipinski definition) is 2. The maximum Gasteiger partial charge on any atom is 0.273 e. The number of anilines is 1. The summed E-state index contributed by atoms with van der Waals surface area (Å²) in [4.78, 5) is 29.8. The molecule has 2 amide bonds. The van der Waals surface area contributed by atoms with E-state index in [9.17, 15) is 9.59 Å². The Morgan fingerprint density at radius 2 is 2.04 bits per heavy atom. The molecule has 0 fully saturated rings. The molecule has 136 valence electrons. The summed E-state index contributed by atoms with van der Waals surface area (Å²) in [5, 5.41) is 5.87. The molecule has 1 aromatic heterocycles. The molecule has 0 saturated carbocycles. The lowest BCUT2D eigenvalue weighted by Crippen LogP contribution is -2.35. The van der Waals surface area contributed by atoms with Crippen LogP contribution < -0.4 is 11.1 Å². The minimum Gasteiger partial charge on any atom is -0.331 e. The SMILES string of the molecule is CN(CC(=O)Nc1ccc(Cl)c(Cl)c1)C(=O)c1csc(CCN)n1.Cl. The fourth-order valence-corrected chi connectivity index (χ4v) is 2.99. The van der Waals surface area contributed by atoms with Crippen molar-refractivity contribution in [2.75, 3.05) is 25.5 Å². The highest BCUT2D eigenvalue weighted by molar-refractivity contribution is 7.09. The number of nitrogens with one attached hydrogen (secondary N) is 1. The van der Waals surface area contributed by atoms with Crippen molar-refractivity contribution in [1.29, 1.82) is 0 Å². The van der Waals surface area contributed by atoms with Crippen molar-refractivity contribution in [1.82, 2.24) is 9.88 Å². The van der Waals surface area contributed by atoms with Gasteiger partial charge in [0.15, 0.2) is 0 Å². The average Bonchev–Trinajstić information content (AvgIpc) is 2.99. The van der Waals surface area contributed by atoms with Gasteiger partial charge in [-0.3, -0.25) is 9.59 Å². The monoisotopic (exact) mass is 422 g/mol. The number of hydrogen-bond acceptors (Lipinski definition) is 5. The summed E-state index contributed by atoms with van der Waals surface area (Å²) >= 11 is 13.1. The fourth-order valence-electron chi connectivity index (χ4n) is 1.90. The third-order valence-electron chi connectivity index (χ3n) is 3.06. The third kappa shape index (κ3) is 6.13. The maximum absolute atomic E-state index is 12.3. The molecule has 1 aromatic carbocycles. The number of likely N-dealkylation sites (N-methyl/N-ethyl adjacent to an activating group) is 1. The molecule has 3 N–H and O–H groups in total. The molecule has 2 aromatic rings. The van der Waals surface area contributed by atoms with Crippen LogP contribution in [0.5, 0.6) is 0 Å². The number of aromatic nitrogens is 1. The van der Waals surface area contributed by atoms with Crippen LogP contribution in [0, 0.1) is 0 Å². The summed E-state index contributed by atoms with van der Waals surface area (Å²) in [5.74, 6) is -0.666. The Morgan fingerprint density at radius 3 is 2.68 bits per heavy atom. The summed E-state index contributed by atoms with van der Waals surface area (Å²) in [7, 11) is 1.54. The third-order valence-corrected chi connectivity index (χ3v) is 4.71. The lowest BCUT2D eigenvalue weighted by atomic mass is 10.3. The zero-order valence-corrected chi connectivity index (χ0v) is 16.4. The van der Waals surface area contributed by atoms with Gasteiger partial charge in [-0.05, 0) is 24.7 Å². The lowest BCUT2D eigenvalue weighted by molar-refractivity contribution is -0.116. The molecular formula is C15H17Cl3N4O2S. The van der Waals surface area contributed by atoms with Crippen LogP contribution in [0.1, 0.15) is 15.5 Å². The topological polar surface area (TPSA) is 88.3 Å². The molecule has 6 nitrogen and oxygen atoms in total. The molecule has 0 bridgehead atoms. The number of benzene rings is 1. The Labute approximate surface area is 165 Å². The van der Waals surface area contributed by atoms with Crippen LogP contribution in [0.25, 0.3) is 0 Å². The van der Waals surface area contributed by atoms with Crippen molar-refractivity contribution in [3.05, 3.63) is 44.3 Å². The smallest absolute Gasteiger partial charge is 0.273 e. The van der Waals surface area contributed by atoms with Crippen LogP contribution >= 0.6 is 46.9 Å². The van der Waals surface area contributed by atoms with Crippen molar-refractivity contribution in [2.24, 2.45) is 5.73 Å². The van der Waals surface area contributed by atoms with Gasteiger partial charge >= 0.3 is 0 Å². The molecule has 0 aliphatic carbocycles. The molecule has 1 heterocycles. The van der Waals surface area contributed by atoms with Crippen molar-refractivity contribution in [2.45, 2.75) is 6.42 Å². The van der Waals surface area contributed by atoms with Gasteiger partial charge in [0.05, 0.1) is 21.6 Å². The first-order valence-corrected chi connectivity index (χ1v) is 8.69. The van der Waals surface area contributed by atoms with Gasteiger partial charge in [-0.25, -0.2) is 4.98 Å². The van der Waals surface area contributed by atoms with Crippen LogP contribution in [-0.4, -0.2) is 41.8 Å². The number of carbonyl (C=O) groups excluding carboxylic acids is 2. The predicted molar refractivity (Wildman–Crippen MR) is 104 cm³/mol. The largest absolute Gasteiger partial charge is 0.331 e. The van der Waals surface area contributed by atoms with E-state index in [1.54, 1.807) is 30.6 Å². The second-order valence-corrected chi connectivity index (χ2v) is 6.76. The highest BCUT2D eigenvalue weighted by Crippen LogP contribution is 2.24. The van der Waals surface area contributed by atoms with E-state index in [0.29, 0.717) is 34.4 Å². The van der Waals surface area contributed by atoms with E-state index in [-0.39, 0.29) is 30.8 Å². The standard InChI is InChI=1S/C15H16Cl2N4O2S.ClH/c1-21(15(23)12-8-24-14(20-12)4-5-18)7-13(22)19-9-2-3-10(16)11(17)6-9;/h2-3,6,8H,4-5,7,18H2,1H3,(H,19,22);1H. The molecule has 2 rings (SSSR count). The zero-order valence-electron chi connectivity index (χ0n) is 13.3. The van der Waals surface area contributed by atoms with Gasteiger partial charge in [-0.1, -0.05) is 23.2 Å². The number of nitrogens with two attached hydrogens (primary N) is 1. The van der Waals surface area contributed by atoms with Gasteiger partial charge in [0.2, 0.25) is 5.91 Å². The van der Waals surface area contributed by atoms with Gasteiger partial charge < -0.3 is 16.0 Å². The van der Waals surface area contributed by atoms with Crippen LogP contribution in [0.3, 0.4) is 0 Å². The number of nitrogens with zero attached hydrogens (tertiary/aromatic N) is 2. The molecule has 0 saturated heterocycles. The van der Waals surface area contributed by atoms with Gasteiger partial charge in [0, 0.05) is 24.5 Å². The minimum absolute atomic E-state index is 0. The molecule has 0 spiro atoms. The summed E-state index contributed by atoms with van der Waals surface area (Å²) < 4.78 is 0. The first-order chi connectivity index (χ1) is 11.4. The van der Waals surface area contributed by atoms with Crippen LogP contribution in [0.2, 0.25) is 10.0 Å². The second-order valence-electron chi connectivity index (χ2n) is 5.00. The van der Waals surface area contributed by atoms with Gasteiger partial charge in [-0.2, -0.15) is 0 Å². The predicted octanol–water partition coefficient (Wildman–Crippen LogP) is 3.08. The van der Waals surface area contributed by atoms with Gasteiger partial charge in [-0.15, -0.1) is 23.7 Å². The summed E-state index contributed by atoms with van der Waals surface area (Å²) in [5.41, 5.74) is 6.29. The number of rotatable bonds is 6. The summed E-state index contributed by atoms with van der Waals surface area (Å²) in [6, 6.07) is 4.76. The number of carbonyl (C=O) groups is 2. The lowest BCUT2D eigenvalue weighted by Gasteiger charge is -2.15. The molecule has 0 atom stereocenters. The normalized spacial score (nSPS) is 10.1. The highest BCUT2D eigenvalue weighted by atomic mass is 35.5. The van der Waals surface area contributed by atoms with E-state index in [0.717, 1.165) is 5.01 Å². The Morgan fingerprint density at radius 1 is 1.32 bits per heavy atom. The van der Waals surface area contributed by atoms with Gasteiger partial charge in [0.25, 0.3) is 5.91 Å². The van der Waals surface area contributed by atoms with Crippen molar-refractivity contribution < 1.29 is 9.59 Å². The number of thiazole rings is 1.